The number of carbonyl (C=O) groups is 1. The molecule has 1 aliphatic heterocycles. The fraction of sp³-hybridized carbons (Fsp3) is 0.412. The van der Waals surface area contributed by atoms with Crippen LogP contribution in [0.1, 0.15) is 65.3 Å². The number of ketones is 1. The molecule has 0 bridgehead atoms. The van der Waals surface area contributed by atoms with Crippen LogP contribution in [0.3, 0.4) is 0 Å². The number of aromatic nitrogens is 1. The average molecular weight is 539 g/mol. The minimum Gasteiger partial charge on any atom is -0.493 e. The number of fused-ring (bicyclic) bond motifs is 2. The standard InChI is InChI=1S/C34H40N3O3/c1-34(35)14-6-10-26-11-7-15-37(33(26)34)23-40-31-21-29-27(20-30(31)39-2)19-28(32(29)38)18-24-12-16-36(17-13-24)22-25-8-4-3-5-9-25/h3-11,15,20-21,24,28H,12-14,16-19,22-23,35H2,1-2H3/q+1. The van der Waals surface area contributed by atoms with Gasteiger partial charge in [0.1, 0.15) is 5.54 Å². The Labute approximate surface area is 237 Å². The van der Waals surface area contributed by atoms with E-state index in [1.807, 2.05) is 31.3 Å². The Bertz CT molecular complexity index is 1410. The van der Waals surface area contributed by atoms with Crippen LogP contribution in [0, 0.1) is 11.8 Å². The fourth-order valence-electron chi connectivity index (χ4n) is 6.80. The van der Waals surface area contributed by atoms with Crippen molar-refractivity contribution in [1.29, 1.82) is 0 Å². The molecule has 6 rings (SSSR count). The van der Waals surface area contributed by atoms with E-state index in [1.54, 1.807) is 7.11 Å². The van der Waals surface area contributed by atoms with E-state index >= 15 is 0 Å². The molecule has 6 heteroatoms. The van der Waals surface area contributed by atoms with Gasteiger partial charge in [0.15, 0.2) is 23.5 Å². The number of rotatable bonds is 8. The van der Waals surface area contributed by atoms with Gasteiger partial charge in [-0.1, -0.05) is 42.5 Å². The molecule has 1 aromatic heterocycles. The summed E-state index contributed by atoms with van der Waals surface area (Å²) in [5.74, 6) is 2.15. The van der Waals surface area contributed by atoms with Gasteiger partial charge in [-0.05, 0) is 87.4 Å². The minimum atomic E-state index is -0.475. The molecule has 0 radical (unpaired) electrons. The van der Waals surface area contributed by atoms with Gasteiger partial charge in [0.2, 0.25) is 5.69 Å². The van der Waals surface area contributed by atoms with E-state index in [1.165, 1.54) is 5.56 Å². The van der Waals surface area contributed by atoms with Crippen LogP contribution in [0.25, 0.3) is 6.08 Å². The van der Waals surface area contributed by atoms with Crippen molar-refractivity contribution in [1.82, 2.24) is 4.90 Å². The lowest BCUT2D eigenvalue weighted by atomic mass is 9.85. The lowest BCUT2D eigenvalue weighted by molar-refractivity contribution is -0.734. The van der Waals surface area contributed by atoms with Crippen LogP contribution in [0.4, 0.5) is 0 Å². The first kappa shape index (κ1) is 26.7. The molecule has 208 valence electrons. The third kappa shape index (κ3) is 5.43. The number of benzene rings is 2. The molecule has 6 nitrogen and oxygen atoms in total. The number of ether oxygens (including phenoxy) is 2. The molecule has 0 amide bonds. The first-order chi connectivity index (χ1) is 19.4. The number of likely N-dealkylation sites (tertiary alicyclic amines) is 1. The van der Waals surface area contributed by atoms with Crippen LogP contribution < -0.4 is 19.8 Å². The number of nitrogens with zero attached hydrogens (tertiary/aromatic N) is 2. The number of methoxy groups -OCH3 is 1. The van der Waals surface area contributed by atoms with E-state index in [0.717, 1.165) is 74.1 Å². The van der Waals surface area contributed by atoms with E-state index in [2.05, 4.69) is 58.0 Å². The molecule has 40 heavy (non-hydrogen) atoms. The van der Waals surface area contributed by atoms with Gasteiger partial charge in [-0.15, -0.1) is 0 Å². The second-order valence-corrected chi connectivity index (χ2v) is 11.9. The summed E-state index contributed by atoms with van der Waals surface area (Å²) in [6.45, 7) is 5.54. The molecule has 1 fully saturated rings. The summed E-state index contributed by atoms with van der Waals surface area (Å²) in [6.07, 6.45) is 11.0. The van der Waals surface area contributed by atoms with Crippen molar-refractivity contribution in [3.8, 4) is 11.5 Å². The van der Waals surface area contributed by atoms with Crippen LogP contribution in [0.2, 0.25) is 0 Å². The molecule has 3 aromatic rings. The summed E-state index contributed by atoms with van der Waals surface area (Å²) in [5.41, 5.74) is 11.5. The molecule has 0 saturated carbocycles. The van der Waals surface area contributed by atoms with E-state index in [4.69, 9.17) is 15.2 Å². The van der Waals surface area contributed by atoms with Crippen LogP contribution in [-0.4, -0.2) is 30.9 Å². The Morgan fingerprint density at radius 3 is 2.65 bits per heavy atom. The highest BCUT2D eigenvalue weighted by Gasteiger charge is 2.36. The Kier molecular flexibility index (Phi) is 7.47. The first-order valence-electron chi connectivity index (χ1n) is 14.5. The molecule has 3 aliphatic rings. The average Bonchev–Trinajstić information content (AvgIpc) is 3.26. The van der Waals surface area contributed by atoms with E-state index < -0.39 is 5.54 Å². The summed E-state index contributed by atoms with van der Waals surface area (Å²) in [7, 11) is 1.66. The quantitative estimate of drug-likeness (QED) is 0.396. The largest absolute Gasteiger partial charge is 0.493 e. The summed E-state index contributed by atoms with van der Waals surface area (Å²) in [4.78, 5) is 16.1. The maximum Gasteiger partial charge on any atom is 0.292 e. The van der Waals surface area contributed by atoms with Gasteiger partial charge in [-0.25, -0.2) is 0 Å². The van der Waals surface area contributed by atoms with Crippen molar-refractivity contribution in [2.45, 2.75) is 57.8 Å². The van der Waals surface area contributed by atoms with E-state index in [-0.39, 0.29) is 18.4 Å². The molecule has 2 N–H and O–H groups in total. The van der Waals surface area contributed by atoms with Gasteiger partial charge < -0.3 is 15.2 Å². The van der Waals surface area contributed by atoms with Gasteiger partial charge >= 0.3 is 0 Å². The molecule has 2 aromatic carbocycles. The zero-order valence-corrected chi connectivity index (χ0v) is 23.6. The number of Topliss-reactive ketones (excluding diaryl/α,β-unsaturated/α-hetero) is 1. The maximum atomic E-state index is 13.5. The van der Waals surface area contributed by atoms with Crippen LogP contribution in [0.15, 0.2) is 66.9 Å². The summed E-state index contributed by atoms with van der Waals surface area (Å²) < 4.78 is 14.1. The highest BCUT2D eigenvalue weighted by molar-refractivity contribution is 6.02. The van der Waals surface area contributed by atoms with Gasteiger partial charge in [0.25, 0.3) is 6.73 Å². The van der Waals surface area contributed by atoms with Gasteiger partial charge in [-0.2, -0.15) is 4.57 Å². The SMILES string of the molecule is COc1cc2c(cc1OC[n+]1cccc3c1C(C)(N)CC=C3)C(=O)C(CC1CCN(Cc3ccccc3)CC1)C2. The highest BCUT2D eigenvalue weighted by atomic mass is 16.5. The fourth-order valence-corrected chi connectivity index (χ4v) is 6.80. The molecule has 2 unspecified atom stereocenters. The van der Waals surface area contributed by atoms with Crippen molar-refractivity contribution in [3.05, 3.63) is 94.8 Å². The molecular weight excluding hydrogens is 498 g/mol. The second kappa shape index (κ2) is 11.2. The predicted octanol–water partition coefficient (Wildman–Crippen LogP) is 5.27. The number of pyridine rings is 1. The number of nitrogens with two attached hydrogens (primary N) is 1. The molecule has 2 heterocycles. The third-order valence-corrected chi connectivity index (χ3v) is 8.91. The topological polar surface area (TPSA) is 68.7 Å². The Morgan fingerprint density at radius 1 is 1.07 bits per heavy atom. The maximum absolute atomic E-state index is 13.5. The van der Waals surface area contributed by atoms with Crippen molar-refractivity contribution in [2.24, 2.45) is 17.6 Å². The Balaban J connectivity index is 1.11. The summed E-state index contributed by atoms with van der Waals surface area (Å²) in [6, 6.07) is 18.7. The Hall–Kier alpha value is -3.48. The Morgan fingerprint density at radius 2 is 1.88 bits per heavy atom. The van der Waals surface area contributed by atoms with Crippen molar-refractivity contribution < 1.29 is 18.8 Å². The number of piperidine rings is 1. The lowest BCUT2D eigenvalue weighted by Crippen LogP contribution is -2.51. The molecule has 2 aliphatic carbocycles. The predicted molar refractivity (Wildman–Crippen MR) is 156 cm³/mol. The number of hydrogen-bond acceptors (Lipinski definition) is 5. The third-order valence-electron chi connectivity index (χ3n) is 8.91. The van der Waals surface area contributed by atoms with Gasteiger partial charge in [0, 0.05) is 29.7 Å². The van der Waals surface area contributed by atoms with Crippen molar-refractivity contribution in [3.63, 3.8) is 0 Å². The zero-order valence-electron chi connectivity index (χ0n) is 23.6. The van der Waals surface area contributed by atoms with Crippen LogP contribution in [-0.2, 0) is 25.2 Å². The number of hydrogen-bond donors (Lipinski definition) is 1. The smallest absolute Gasteiger partial charge is 0.292 e. The molecular formula is C34H40N3O3+. The second-order valence-electron chi connectivity index (χ2n) is 11.9. The molecule has 0 spiro atoms. The monoisotopic (exact) mass is 538 g/mol. The lowest BCUT2D eigenvalue weighted by Gasteiger charge is -2.32. The summed E-state index contributed by atoms with van der Waals surface area (Å²) >= 11 is 0. The van der Waals surface area contributed by atoms with Crippen LogP contribution in [0.5, 0.6) is 11.5 Å². The van der Waals surface area contributed by atoms with E-state index in [9.17, 15) is 4.79 Å². The highest BCUT2D eigenvalue weighted by Crippen LogP contribution is 2.40. The van der Waals surface area contributed by atoms with Crippen LogP contribution >= 0.6 is 0 Å². The van der Waals surface area contributed by atoms with Crippen molar-refractivity contribution >= 4 is 11.9 Å². The van der Waals surface area contributed by atoms with Gasteiger partial charge in [0.05, 0.1) is 7.11 Å². The van der Waals surface area contributed by atoms with Gasteiger partial charge in [-0.3, -0.25) is 9.69 Å². The zero-order chi connectivity index (χ0) is 27.7. The van der Waals surface area contributed by atoms with E-state index in [0.29, 0.717) is 17.4 Å². The normalized spacial score (nSPS) is 22.7. The molecule has 2 atom stereocenters. The number of carbonyl (C=O) groups excluding carboxylic acids is 1. The summed E-state index contributed by atoms with van der Waals surface area (Å²) in [5, 5.41) is 0. The first-order valence-corrected chi connectivity index (χ1v) is 14.5. The minimum absolute atomic E-state index is 0.0425. The van der Waals surface area contributed by atoms with Crippen molar-refractivity contribution in [2.75, 3.05) is 20.2 Å². The molecule has 1 saturated heterocycles.